The van der Waals surface area contributed by atoms with E-state index in [-0.39, 0.29) is 0 Å². The maximum absolute atomic E-state index is 13.1. The van der Waals surface area contributed by atoms with E-state index in [0.29, 0.717) is 33.9 Å². The predicted molar refractivity (Wildman–Crippen MR) is 362 cm³/mol. The topological polar surface area (TPSA) is 67.3 Å². The third-order valence-electron chi connectivity index (χ3n) is 18.1. The molecule has 5 heterocycles. The molecule has 18 aromatic rings. The Labute approximate surface area is 502 Å². The summed E-state index contributed by atoms with van der Waals surface area (Å²) in [6.45, 7) is 0. The van der Waals surface area contributed by atoms with Gasteiger partial charge in [-0.3, -0.25) is 0 Å². The lowest BCUT2D eigenvalue weighted by atomic mass is 9.86. The number of hydrogen-bond acceptors (Lipinski definition) is 3. The van der Waals surface area contributed by atoms with Gasteiger partial charge in [0.2, 0.25) is 0 Å². The second-order valence-corrected chi connectivity index (χ2v) is 23.5. The van der Waals surface area contributed by atoms with Gasteiger partial charge in [0.15, 0.2) is 0 Å². The fourth-order valence-electron chi connectivity index (χ4n) is 14.6. The van der Waals surface area contributed by atoms with Gasteiger partial charge in [-0.05, 0) is 88.0 Å². The lowest BCUT2D eigenvalue weighted by Gasteiger charge is -2.27. The smallest absolute Gasteiger partial charge is 0.104 e. The highest BCUT2D eigenvalue weighted by Gasteiger charge is 2.35. The lowest BCUT2D eigenvalue weighted by Crippen LogP contribution is -2.16. The Balaban J connectivity index is 1.13. The first-order valence-corrected chi connectivity index (χ1v) is 30.1. The molecule has 0 saturated heterocycles. The molecular formula is C80H46N6S. The normalized spacial score (nSPS) is 11.9. The van der Waals surface area contributed by atoms with E-state index in [9.17, 15) is 10.5 Å². The van der Waals surface area contributed by atoms with Crippen molar-refractivity contribution in [3.8, 4) is 68.3 Å². The lowest BCUT2D eigenvalue weighted by molar-refractivity contribution is 1.02. The summed E-state index contributed by atoms with van der Waals surface area (Å²) in [4.78, 5) is 0. The molecule has 0 spiro atoms. The van der Waals surface area contributed by atoms with E-state index in [0.717, 1.165) is 131 Å². The van der Waals surface area contributed by atoms with Crippen LogP contribution in [0.2, 0.25) is 0 Å². The molecule has 0 aliphatic rings. The van der Waals surface area contributed by atoms with Crippen LogP contribution in [0.1, 0.15) is 11.1 Å². The van der Waals surface area contributed by atoms with Gasteiger partial charge in [0.05, 0.1) is 66.9 Å². The van der Waals surface area contributed by atoms with Gasteiger partial charge in [0.1, 0.15) is 23.3 Å². The molecular weight excluding hydrogens is 1080 g/mol. The Morgan fingerprint density at radius 1 is 0.253 bits per heavy atom. The van der Waals surface area contributed by atoms with Crippen LogP contribution in [0.5, 0.6) is 0 Å². The van der Waals surface area contributed by atoms with E-state index >= 15 is 0 Å². The molecule has 87 heavy (non-hydrogen) atoms. The van der Waals surface area contributed by atoms with Crippen molar-refractivity contribution in [2.24, 2.45) is 0 Å². The van der Waals surface area contributed by atoms with Crippen LogP contribution in [0.4, 0.5) is 0 Å². The summed E-state index contributed by atoms with van der Waals surface area (Å²) in [7, 11) is 0. The van der Waals surface area contributed by atoms with E-state index in [1.54, 1.807) is 11.3 Å². The molecule has 13 aromatic carbocycles. The molecule has 0 unspecified atom stereocenters. The monoisotopic (exact) mass is 1120 g/mol. The maximum Gasteiger partial charge on any atom is 0.104 e. The van der Waals surface area contributed by atoms with Gasteiger partial charge in [-0.25, -0.2) is 0 Å². The SMILES string of the molecule is N#Cc1c(-n2c3ccccc3c3ccccc32)c(-n2c3ccccc3c3ccccc32)c(C#N)c(-n2c3cccc(-c4c(-c5ccccc5)cccc4-c4ccccc4)c3c3c4sc5ccccc5c4ccc32)c1-n1c2ccccc2c2ccccc21. The average Bonchev–Trinajstić information content (AvgIpc) is 1.65. The third-order valence-corrected chi connectivity index (χ3v) is 19.3. The predicted octanol–water partition coefficient (Wildman–Crippen LogP) is 21.2. The molecule has 0 N–H and O–H groups in total. The van der Waals surface area contributed by atoms with E-state index in [4.69, 9.17) is 0 Å². The summed E-state index contributed by atoms with van der Waals surface area (Å²) in [5.74, 6) is 0. The Bertz CT molecular complexity index is 5820. The molecule has 0 amide bonds. The quantitative estimate of drug-likeness (QED) is 0.160. The molecule has 0 bridgehead atoms. The molecule has 0 saturated carbocycles. The molecule has 402 valence electrons. The number of para-hydroxylation sites is 6. The van der Waals surface area contributed by atoms with Gasteiger partial charge in [0.25, 0.3) is 0 Å². The zero-order valence-corrected chi connectivity index (χ0v) is 47.5. The first kappa shape index (κ1) is 48.8. The number of hydrogen-bond donors (Lipinski definition) is 0. The van der Waals surface area contributed by atoms with Crippen LogP contribution < -0.4 is 0 Å². The maximum atomic E-state index is 13.1. The van der Waals surface area contributed by atoms with Crippen LogP contribution in [0, 0.1) is 22.7 Å². The number of thiophene rings is 1. The Kier molecular flexibility index (Phi) is 10.6. The third kappa shape index (κ3) is 6.83. The zero-order chi connectivity index (χ0) is 57.4. The van der Waals surface area contributed by atoms with Crippen molar-refractivity contribution >= 4 is 119 Å². The minimum atomic E-state index is 0.407. The van der Waals surface area contributed by atoms with Gasteiger partial charge in [-0.15, -0.1) is 11.3 Å². The summed E-state index contributed by atoms with van der Waals surface area (Å²) in [6.07, 6.45) is 0. The fraction of sp³-hybridized carbons (Fsp3) is 0. The Morgan fingerprint density at radius 3 is 0.989 bits per heavy atom. The van der Waals surface area contributed by atoms with E-state index in [2.05, 4.69) is 309 Å². The second-order valence-electron chi connectivity index (χ2n) is 22.4. The number of benzene rings is 13. The van der Waals surface area contributed by atoms with Crippen LogP contribution in [0.3, 0.4) is 0 Å². The van der Waals surface area contributed by atoms with Crippen LogP contribution >= 0.6 is 11.3 Å². The van der Waals surface area contributed by atoms with E-state index in [1.165, 1.54) is 10.1 Å². The molecule has 0 aliphatic carbocycles. The number of aromatic nitrogens is 4. The van der Waals surface area contributed by atoms with Crippen LogP contribution in [-0.2, 0) is 0 Å². The molecule has 7 heteroatoms. The summed E-state index contributed by atoms with van der Waals surface area (Å²) in [6, 6.07) is 105. The van der Waals surface area contributed by atoms with Crippen molar-refractivity contribution in [3.63, 3.8) is 0 Å². The molecule has 0 atom stereocenters. The standard InChI is InChI=1S/C80H46N6S/c81-47-62-76(83-64-37-14-7-27-53(64)54-28-8-15-38-65(54)83)77(84-66-39-16-9-29-55(66)56-30-10-17-40-67(56)84)63(48-82)79(78(62)85-68-41-18-11-31-57(68)58-32-12-19-42-69(58)85)86-70-43-22-36-61(74(70)75-71(86)46-45-60-59-33-13-20-44-72(59)87-80(60)75)73-51(49-23-3-1-4-24-49)34-21-35-52(73)50-25-5-2-6-26-50/h1-46H. The van der Waals surface area contributed by atoms with Crippen LogP contribution in [0.25, 0.3) is 164 Å². The molecule has 18 rings (SSSR count). The highest BCUT2D eigenvalue weighted by atomic mass is 32.1. The summed E-state index contributed by atoms with van der Waals surface area (Å²) in [5, 5.41) is 36.7. The van der Waals surface area contributed by atoms with Crippen molar-refractivity contribution in [3.05, 3.63) is 290 Å². The highest BCUT2D eigenvalue weighted by Crippen LogP contribution is 2.53. The molecule has 6 nitrogen and oxygen atoms in total. The zero-order valence-electron chi connectivity index (χ0n) is 46.6. The molecule has 0 fully saturated rings. The van der Waals surface area contributed by atoms with E-state index in [1.807, 2.05) is 0 Å². The molecule has 5 aromatic heterocycles. The Morgan fingerprint density at radius 2 is 0.575 bits per heavy atom. The summed E-state index contributed by atoms with van der Waals surface area (Å²) in [5.41, 5.74) is 17.1. The van der Waals surface area contributed by atoms with Gasteiger partial charge in [-0.2, -0.15) is 10.5 Å². The first-order valence-electron chi connectivity index (χ1n) is 29.3. The van der Waals surface area contributed by atoms with Crippen LogP contribution in [0.15, 0.2) is 279 Å². The van der Waals surface area contributed by atoms with Crippen molar-refractivity contribution in [1.82, 2.24) is 18.3 Å². The number of fused-ring (bicyclic) bond motifs is 16. The number of nitrogens with zero attached hydrogens (tertiary/aromatic N) is 6. The van der Waals surface area contributed by atoms with Gasteiger partial charge < -0.3 is 18.3 Å². The summed E-state index contributed by atoms with van der Waals surface area (Å²) >= 11 is 1.81. The minimum absolute atomic E-state index is 0.407. The fourth-order valence-corrected chi connectivity index (χ4v) is 15.9. The minimum Gasteiger partial charge on any atom is -0.306 e. The Hall–Kier alpha value is -11.7. The second kappa shape index (κ2) is 18.9. The average molecular weight is 1120 g/mol. The molecule has 0 radical (unpaired) electrons. The van der Waals surface area contributed by atoms with Crippen molar-refractivity contribution in [2.75, 3.05) is 0 Å². The van der Waals surface area contributed by atoms with Crippen molar-refractivity contribution < 1.29 is 0 Å². The largest absolute Gasteiger partial charge is 0.306 e. The van der Waals surface area contributed by atoms with Gasteiger partial charge in [-0.1, -0.05) is 224 Å². The molecule has 0 aliphatic heterocycles. The van der Waals surface area contributed by atoms with Crippen molar-refractivity contribution in [1.29, 1.82) is 10.5 Å². The van der Waals surface area contributed by atoms with E-state index < -0.39 is 0 Å². The van der Waals surface area contributed by atoms with Gasteiger partial charge >= 0.3 is 0 Å². The van der Waals surface area contributed by atoms with Crippen molar-refractivity contribution in [2.45, 2.75) is 0 Å². The number of nitriles is 2. The first-order chi connectivity index (χ1) is 43.2. The highest BCUT2D eigenvalue weighted by molar-refractivity contribution is 7.26. The summed E-state index contributed by atoms with van der Waals surface area (Å²) < 4.78 is 11.5. The van der Waals surface area contributed by atoms with Crippen LogP contribution in [-0.4, -0.2) is 18.3 Å². The van der Waals surface area contributed by atoms with Gasteiger partial charge in [0, 0.05) is 63.3 Å². The number of rotatable bonds is 7.